The van der Waals surface area contributed by atoms with E-state index >= 15 is 0 Å². The molecule has 0 saturated carbocycles. The highest BCUT2D eigenvalue weighted by Crippen LogP contribution is 2.42. The zero-order valence-corrected chi connectivity index (χ0v) is 13.3. The summed E-state index contributed by atoms with van der Waals surface area (Å²) >= 11 is 5.92. The van der Waals surface area contributed by atoms with E-state index in [0.29, 0.717) is 5.56 Å². The number of methoxy groups -OCH3 is 2. The molecule has 21 heavy (non-hydrogen) atoms. The van der Waals surface area contributed by atoms with Gasteiger partial charge in [-0.05, 0) is 19.9 Å². The van der Waals surface area contributed by atoms with Crippen LogP contribution in [-0.4, -0.2) is 32.5 Å². The second kappa shape index (κ2) is 7.38. The Kier molecular flexibility index (Phi) is 6.37. The predicted molar refractivity (Wildman–Crippen MR) is 78.0 cm³/mol. The molecule has 7 heteroatoms. The fourth-order valence-electron chi connectivity index (χ4n) is 1.98. The molecule has 3 N–H and O–H groups in total. The maximum absolute atomic E-state index is 14.3. The third kappa shape index (κ3) is 3.46. The van der Waals surface area contributed by atoms with E-state index in [2.05, 4.69) is 0 Å². The summed E-state index contributed by atoms with van der Waals surface area (Å²) in [6, 6.07) is 1.36. The molecule has 0 aliphatic heterocycles. The molecule has 1 unspecified atom stereocenters. The minimum absolute atomic E-state index is 0.0952. The summed E-state index contributed by atoms with van der Waals surface area (Å²) in [6.07, 6.45) is -1.25. The quantitative estimate of drug-likeness (QED) is 0.754. The van der Waals surface area contributed by atoms with Crippen LogP contribution in [0.4, 0.5) is 4.39 Å². The van der Waals surface area contributed by atoms with E-state index in [1.54, 1.807) is 13.8 Å². The van der Waals surface area contributed by atoms with Crippen LogP contribution >= 0.6 is 11.6 Å². The highest BCUT2D eigenvalue weighted by molar-refractivity contribution is 6.31. The van der Waals surface area contributed by atoms with Crippen LogP contribution in [0.25, 0.3) is 0 Å². The van der Waals surface area contributed by atoms with Gasteiger partial charge in [0.05, 0.1) is 28.9 Å². The van der Waals surface area contributed by atoms with Crippen molar-refractivity contribution in [3.05, 3.63) is 28.0 Å². The number of ether oxygens (including phenoxy) is 3. The lowest BCUT2D eigenvalue weighted by Crippen LogP contribution is -2.29. The summed E-state index contributed by atoms with van der Waals surface area (Å²) in [6.45, 7) is 3.47. The second-order valence-electron chi connectivity index (χ2n) is 4.50. The predicted octanol–water partition coefficient (Wildman–Crippen LogP) is 2.34. The number of hydrogen-bond donors (Lipinski definition) is 2. The number of benzene rings is 1. The standard InChI is InChI=1S/C14H21ClFNO4/c1-5-21-13-8(14(2,19-3)20-4)6-9(15)12(16)11(13)10(18)7-17/h6,10,18H,5,7,17H2,1-4H3. The molecule has 0 radical (unpaired) electrons. The summed E-state index contributed by atoms with van der Waals surface area (Å²) in [4.78, 5) is 0. The van der Waals surface area contributed by atoms with Crippen LogP contribution in [-0.2, 0) is 15.3 Å². The molecule has 0 amide bonds. The summed E-state index contributed by atoms with van der Waals surface area (Å²) in [5.41, 5.74) is 5.72. The van der Waals surface area contributed by atoms with Gasteiger partial charge < -0.3 is 25.1 Å². The highest BCUT2D eigenvalue weighted by Gasteiger charge is 2.34. The number of rotatable bonds is 7. The van der Waals surface area contributed by atoms with Gasteiger partial charge in [-0.15, -0.1) is 0 Å². The largest absolute Gasteiger partial charge is 0.493 e. The van der Waals surface area contributed by atoms with Crippen molar-refractivity contribution < 1.29 is 23.7 Å². The minimum atomic E-state index is -1.25. The van der Waals surface area contributed by atoms with Crippen LogP contribution in [0.3, 0.4) is 0 Å². The third-order valence-electron chi connectivity index (χ3n) is 3.32. The van der Waals surface area contributed by atoms with E-state index in [1.165, 1.54) is 20.3 Å². The number of hydrogen-bond acceptors (Lipinski definition) is 5. The lowest BCUT2D eigenvalue weighted by atomic mass is 9.98. The molecule has 0 aliphatic carbocycles. The van der Waals surface area contributed by atoms with Crippen molar-refractivity contribution >= 4 is 11.6 Å². The van der Waals surface area contributed by atoms with Gasteiger partial charge in [-0.25, -0.2) is 4.39 Å². The monoisotopic (exact) mass is 321 g/mol. The maximum atomic E-state index is 14.3. The van der Waals surface area contributed by atoms with E-state index < -0.39 is 17.7 Å². The smallest absolute Gasteiger partial charge is 0.194 e. The van der Waals surface area contributed by atoms with Crippen LogP contribution < -0.4 is 10.5 Å². The molecule has 0 aliphatic rings. The first-order valence-corrected chi connectivity index (χ1v) is 6.87. The first-order valence-electron chi connectivity index (χ1n) is 6.49. The van der Waals surface area contributed by atoms with Gasteiger partial charge in [-0.3, -0.25) is 0 Å². The molecule has 0 saturated heterocycles. The zero-order chi connectivity index (χ0) is 16.2. The van der Waals surface area contributed by atoms with Crippen LogP contribution in [0.15, 0.2) is 6.07 Å². The molecule has 0 heterocycles. The van der Waals surface area contributed by atoms with Gasteiger partial charge in [-0.1, -0.05) is 11.6 Å². The molecule has 0 bridgehead atoms. The van der Waals surface area contributed by atoms with Crippen molar-refractivity contribution in [2.24, 2.45) is 5.73 Å². The number of nitrogens with two attached hydrogens (primary N) is 1. The van der Waals surface area contributed by atoms with Gasteiger partial charge in [0.25, 0.3) is 0 Å². The van der Waals surface area contributed by atoms with Crippen LogP contribution in [0.1, 0.15) is 31.1 Å². The molecular weight excluding hydrogens is 301 g/mol. The molecular formula is C14H21ClFNO4. The topological polar surface area (TPSA) is 73.9 Å². The molecule has 1 aromatic carbocycles. The average molecular weight is 322 g/mol. The first-order chi connectivity index (χ1) is 9.86. The van der Waals surface area contributed by atoms with E-state index in [1.807, 2.05) is 0 Å². The Labute approximate surface area is 128 Å². The Balaban J connectivity index is 3.68. The molecule has 0 fully saturated rings. The molecule has 0 spiro atoms. The summed E-state index contributed by atoms with van der Waals surface area (Å²) in [7, 11) is 2.88. The molecule has 0 aromatic heterocycles. The summed E-state index contributed by atoms with van der Waals surface area (Å²) in [5.74, 6) is -1.84. The molecule has 1 rings (SSSR count). The van der Waals surface area contributed by atoms with Crippen molar-refractivity contribution in [1.82, 2.24) is 0 Å². The van der Waals surface area contributed by atoms with Crippen molar-refractivity contribution in [2.45, 2.75) is 25.7 Å². The van der Waals surface area contributed by atoms with Gasteiger partial charge in [0, 0.05) is 20.8 Å². The van der Waals surface area contributed by atoms with Crippen LogP contribution in [0.5, 0.6) is 5.75 Å². The average Bonchev–Trinajstić information content (AvgIpc) is 2.49. The second-order valence-corrected chi connectivity index (χ2v) is 4.91. The Morgan fingerprint density at radius 3 is 2.43 bits per heavy atom. The lowest BCUT2D eigenvalue weighted by Gasteiger charge is -2.30. The Hall–Kier alpha value is -0.920. The van der Waals surface area contributed by atoms with E-state index in [-0.39, 0.29) is 29.5 Å². The molecule has 5 nitrogen and oxygen atoms in total. The van der Waals surface area contributed by atoms with Crippen LogP contribution in [0.2, 0.25) is 5.02 Å². The minimum Gasteiger partial charge on any atom is -0.493 e. The van der Waals surface area contributed by atoms with Crippen LogP contribution in [0, 0.1) is 5.82 Å². The van der Waals surface area contributed by atoms with E-state index in [0.717, 1.165) is 0 Å². The zero-order valence-electron chi connectivity index (χ0n) is 12.6. The Bertz CT molecular complexity index is 494. The molecule has 120 valence electrons. The summed E-state index contributed by atoms with van der Waals surface area (Å²) < 4.78 is 30.4. The lowest BCUT2D eigenvalue weighted by molar-refractivity contribution is -0.202. The first kappa shape index (κ1) is 18.1. The fraction of sp³-hybridized carbons (Fsp3) is 0.571. The van der Waals surface area contributed by atoms with Gasteiger partial charge in [0.2, 0.25) is 0 Å². The van der Waals surface area contributed by atoms with Gasteiger partial charge >= 0.3 is 0 Å². The van der Waals surface area contributed by atoms with Crippen molar-refractivity contribution in [3.63, 3.8) is 0 Å². The SMILES string of the molecule is CCOc1c(C(C)(OC)OC)cc(Cl)c(F)c1C(O)CN. The van der Waals surface area contributed by atoms with Crippen molar-refractivity contribution in [1.29, 1.82) is 0 Å². The number of halogens is 2. The van der Waals surface area contributed by atoms with Gasteiger partial charge in [0.15, 0.2) is 11.6 Å². The van der Waals surface area contributed by atoms with Crippen molar-refractivity contribution in [2.75, 3.05) is 27.4 Å². The van der Waals surface area contributed by atoms with Crippen molar-refractivity contribution in [3.8, 4) is 5.75 Å². The van der Waals surface area contributed by atoms with Gasteiger partial charge in [-0.2, -0.15) is 0 Å². The molecule has 1 atom stereocenters. The van der Waals surface area contributed by atoms with Gasteiger partial charge in [0.1, 0.15) is 5.75 Å². The maximum Gasteiger partial charge on any atom is 0.194 e. The number of aliphatic hydroxyl groups excluding tert-OH is 1. The normalized spacial score (nSPS) is 13.3. The summed E-state index contributed by atoms with van der Waals surface area (Å²) in [5, 5.41) is 9.82. The molecule has 1 aromatic rings. The number of aliphatic hydroxyl groups is 1. The third-order valence-corrected chi connectivity index (χ3v) is 3.59. The fourth-order valence-corrected chi connectivity index (χ4v) is 2.20. The van der Waals surface area contributed by atoms with E-state index in [4.69, 9.17) is 31.5 Å². The highest BCUT2D eigenvalue weighted by atomic mass is 35.5. The Morgan fingerprint density at radius 2 is 2.00 bits per heavy atom. The Morgan fingerprint density at radius 1 is 1.43 bits per heavy atom. The van der Waals surface area contributed by atoms with E-state index in [9.17, 15) is 9.50 Å².